The van der Waals surface area contributed by atoms with Gasteiger partial charge in [0.2, 0.25) is 5.56 Å². The quantitative estimate of drug-likeness (QED) is 0.508. The van der Waals surface area contributed by atoms with Crippen LogP contribution in [0.2, 0.25) is 0 Å². The lowest BCUT2D eigenvalue weighted by molar-refractivity contribution is 0.171. The van der Waals surface area contributed by atoms with Crippen LogP contribution < -0.4 is 20.3 Å². The smallest absolute Gasteiger partial charge is 0.248 e. The second-order valence-electron chi connectivity index (χ2n) is 7.29. The SMILES string of the molecule is COc1cc2c(cc1OC)CC(NC[C@H](O)c1ccc(O)c3[nH]c(=O)ccc13)C2. The summed E-state index contributed by atoms with van der Waals surface area (Å²) in [5, 5.41) is 24.8. The van der Waals surface area contributed by atoms with Crippen molar-refractivity contribution in [2.24, 2.45) is 0 Å². The van der Waals surface area contributed by atoms with Crippen molar-refractivity contribution in [1.82, 2.24) is 10.3 Å². The van der Waals surface area contributed by atoms with Crippen LogP contribution >= 0.6 is 0 Å². The predicted molar refractivity (Wildman–Crippen MR) is 110 cm³/mol. The van der Waals surface area contributed by atoms with E-state index in [-0.39, 0.29) is 17.4 Å². The van der Waals surface area contributed by atoms with E-state index < -0.39 is 6.10 Å². The fraction of sp³-hybridized carbons (Fsp3) is 0.318. The molecule has 3 aromatic rings. The topological polar surface area (TPSA) is 104 Å². The Kier molecular flexibility index (Phi) is 5.17. The number of nitrogens with one attached hydrogen (secondary N) is 2. The maximum Gasteiger partial charge on any atom is 0.248 e. The van der Waals surface area contributed by atoms with Crippen molar-refractivity contribution in [3.8, 4) is 17.2 Å². The highest BCUT2D eigenvalue weighted by Crippen LogP contribution is 2.35. The first kappa shape index (κ1) is 19.3. The molecule has 0 unspecified atom stereocenters. The van der Waals surface area contributed by atoms with Crippen LogP contribution in [0.4, 0.5) is 0 Å². The van der Waals surface area contributed by atoms with Gasteiger partial charge in [0.05, 0.1) is 25.8 Å². The Labute approximate surface area is 167 Å². The van der Waals surface area contributed by atoms with Crippen LogP contribution in [0.15, 0.2) is 41.2 Å². The van der Waals surface area contributed by atoms with Gasteiger partial charge in [-0.3, -0.25) is 4.79 Å². The maximum atomic E-state index is 11.6. The first-order valence-electron chi connectivity index (χ1n) is 9.50. The van der Waals surface area contributed by atoms with E-state index in [1.54, 1.807) is 26.4 Å². The first-order valence-corrected chi connectivity index (χ1v) is 9.50. The summed E-state index contributed by atoms with van der Waals surface area (Å²) >= 11 is 0. The molecule has 0 saturated heterocycles. The van der Waals surface area contributed by atoms with Gasteiger partial charge in [-0.15, -0.1) is 0 Å². The summed E-state index contributed by atoms with van der Waals surface area (Å²) in [7, 11) is 3.25. The third kappa shape index (κ3) is 3.66. The van der Waals surface area contributed by atoms with Gasteiger partial charge in [0, 0.05) is 24.0 Å². The number of aliphatic hydroxyl groups excluding tert-OH is 1. The van der Waals surface area contributed by atoms with E-state index in [9.17, 15) is 15.0 Å². The number of rotatable bonds is 6. The molecule has 0 fully saturated rings. The minimum absolute atomic E-state index is 0.0178. The highest BCUT2D eigenvalue weighted by atomic mass is 16.5. The average molecular weight is 396 g/mol. The molecule has 1 aliphatic carbocycles. The third-order valence-electron chi connectivity index (χ3n) is 5.50. The number of H-pyrrole nitrogens is 1. The van der Waals surface area contributed by atoms with Gasteiger partial charge in [-0.2, -0.15) is 0 Å². The van der Waals surface area contributed by atoms with E-state index in [2.05, 4.69) is 10.3 Å². The number of ether oxygens (including phenoxy) is 2. The molecular weight excluding hydrogens is 372 g/mol. The van der Waals surface area contributed by atoms with Crippen LogP contribution in [0.5, 0.6) is 17.2 Å². The molecule has 0 bridgehead atoms. The Morgan fingerprint density at radius 3 is 2.38 bits per heavy atom. The normalized spacial score (nSPS) is 14.7. The number of aromatic hydroxyl groups is 1. The number of hydrogen-bond donors (Lipinski definition) is 4. The molecule has 1 aromatic heterocycles. The Morgan fingerprint density at radius 1 is 1.10 bits per heavy atom. The fourth-order valence-electron chi connectivity index (χ4n) is 4.03. The maximum absolute atomic E-state index is 11.6. The number of phenolic OH excluding ortho intramolecular Hbond substituents is 1. The standard InChI is InChI=1S/C22H24N2O5/c1-28-19-9-12-7-14(8-13(12)10-20(19)29-2)23-11-18(26)15-3-5-17(25)22-16(15)4-6-21(27)24-22/h3-6,9-10,14,18,23,25-26H,7-8,11H2,1-2H3,(H,24,27)/t18-/m0/s1. The second-order valence-corrected chi connectivity index (χ2v) is 7.29. The summed E-state index contributed by atoms with van der Waals surface area (Å²) in [5.74, 6) is 1.42. The van der Waals surface area contributed by atoms with Crippen LogP contribution in [0, 0.1) is 0 Å². The number of hydrogen-bond acceptors (Lipinski definition) is 6. The molecule has 4 N–H and O–H groups in total. The molecule has 1 aliphatic rings. The number of pyridine rings is 1. The second kappa shape index (κ2) is 7.77. The fourth-order valence-corrected chi connectivity index (χ4v) is 4.03. The van der Waals surface area contributed by atoms with Crippen molar-refractivity contribution in [1.29, 1.82) is 0 Å². The van der Waals surface area contributed by atoms with Gasteiger partial charge in [-0.05, 0) is 53.8 Å². The van der Waals surface area contributed by atoms with E-state index >= 15 is 0 Å². The van der Waals surface area contributed by atoms with Crippen molar-refractivity contribution in [3.63, 3.8) is 0 Å². The van der Waals surface area contributed by atoms with Gasteiger partial charge >= 0.3 is 0 Å². The minimum atomic E-state index is -0.781. The third-order valence-corrected chi connectivity index (χ3v) is 5.50. The highest BCUT2D eigenvalue weighted by Gasteiger charge is 2.24. The van der Waals surface area contributed by atoms with Crippen LogP contribution in [0.25, 0.3) is 10.9 Å². The molecule has 7 nitrogen and oxygen atoms in total. The monoisotopic (exact) mass is 396 g/mol. The van der Waals surface area contributed by atoms with Crippen molar-refractivity contribution >= 4 is 10.9 Å². The summed E-state index contributed by atoms with van der Waals surface area (Å²) in [6, 6.07) is 10.4. The van der Waals surface area contributed by atoms with E-state index in [1.165, 1.54) is 23.3 Å². The van der Waals surface area contributed by atoms with Gasteiger partial charge < -0.3 is 30.0 Å². The van der Waals surface area contributed by atoms with Crippen molar-refractivity contribution in [3.05, 3.63) is 63.4 Å². The zero-order valence-corrected chi connectivity index (χ0v) is 16.4. The molecule has 0 amide bonds. The zero-order valence-electron chi connectivity index (χ0n) is 16.4. The lowest BCUT2D eigenvalue weighted by Gasteiger charge is -2.18. The number of aromatic nitrogens is 1. The zero-order chi connectivity index (χ0) is 20.5. The van der Waals surface area contributed by atoms with Gasteiger partial charge in [0.1, 0.15) is 5.75 Å². The van der Waals surface area contributed by atoms with Crippen LogP contribution in [0.3, 0.4) is 0 Å². The number of aliphatic hydroxyl groups is 1. The van der Waals surface area contributed by atoms with Gasteiger partial charge in [0.15, 0.2) is 11.5 Å². The van der Waals surface area contributed by atoms with Crippen molar-refractivity contribution in [2.45, 2.75) is 25.0 Å². The molecule has 152 valence electrons. The van der Waals surface area contributed by atoms with Crippen molar-refractivity contribution in [2.75, 3.05) is 20.8 Å². The molecular formula is C22H24N2O5. The molecule has 1 atom stereocenters. The molecule has 2 aromatic carbocycles. The van der Waals surface area contributed by atoms with Gasteiger partial charge in [-0.25, -0.2) is 0 Å². The number of benzene rings is 2. The lowest BCUT2D eigenvalue weighted by atomic mass is 10.0. The number of fused-ring (bicyclic) bond motifs is 2. The Bertz CT molecular complexity index is 1080. The largest absolute Gasteiger partial charge is 0.506 e. The summed E-state index contributed by atoms with van der Waals surface area (Å²) in [5.41, 5.74) is 3.11. The lowest BCUT2D eigenvalue weighted by Crippen LogP contribution is -2.33. The molecule has 7 heteroatoms. The Hall–Kier alpha value is -3.03. The number of methoxy groups -OCH3 is 2. The Morgan fingerprint density at radius 2 is 1.76 bits per heavy atom. The van der Waals surface area contributed by atoms with Gasteiger partial charge in [0.25, 0.3) is 0 Å². The molecule has 4 rings (SSSR count). The number of aromatic amines is 1. The Balaban J connectivity index is 1.48. The van der Waals surface area contributed by atoms with E-state index in [4.69, 9.17) is 9.47 Å². The summed E-state index contributed by atoms with van der Waals surface area (Å²) < 4.78 is 10.8. The highest BCUT2D eigenvalue weighted by molar-refractivity contribution is 5.87. The molecule has 0 radical (unpaired) electrons. The van der Waals surface area contributed by atoms with E-state index in [0.717, 1.165) is 24.3 Å². The van der Waals surface area contributed by atoms with Gasteiger partial charge in [-0.1, -0.05) is 6.07 Å². The molecule has 0 spiro atoms. The van der Waals surface area contributed by atoms with Crippen LogP contribution in [0.1, 0.15) is 22.8 Å². The molecule has 29 heavy (non-hydrogen) atoms. The summed E-state index contributed by atoms with van der Waals surface area (Å²) in [6.45, 7) is 0.353. The average Bonchev–Trinajstić information content (AvgIpc) is 3.13. The number of phenols is 1. The summed E-state index contributed by atoms with van der Waals surface area (Å²) in [6.07, 6.45) is 0.898. The molecule has 0 aliphatic heterocycles. The molecule has 1 heterocycles. The van der Waals surface area contributed by atoms with Crippen LogP contribution in [-0.4, -0.2) is 42.0 Å². The van der Waals surface area contributed by atoms with E-state index in [1.807, 2.05) is 12.1 Å². The summed E-state index contributed by atoms with van der Waals surface area (Å²) in [4.78, 5) is 14.2. The predicted octanol–water partition coefficient (Wildman–Crippen LogP) is 2.04. The molecule has 0 saturated carbocycles. The van der Waals surface area contributed by atoms with E-state index in [0.29, 0.717) is 23.0 Å². The minimum Gasteiger partial charge on any atom is -0.506 e. The van der Waals surface area contributed by atoms with Crippen LogP contribution in [-0.2, 0) is 12.8 Å². The first-order chi connectivity index (χ1) is 14.0. The van der Waals surface area contributed by atoms with Crippen molar-refractivity contribution < 1.29 is 19.7 Å².